The van der Waals surface area contributed by atoms with E-state index in [4.69, 9.17) is 10.4 Å². The molecule has 0 bridgehead atoms. The number of benzene rings is 2. The highest BCUT2D eigenvalue weighted by molar-refractivity contribution is 5.88. The molecule has 0 saturated heterocycles. The second-order valence-electron chi connectivity index (χ2n) is 5.57. The van der Waals surface area contributed by atoms with Crippen LogP contribution in [0.15, 0.2) is 42.5 Å². The van der Waals surface area contributed by atoms with Crippen molar-refractivity contribution in [2.24, 2.45) is 0 Å². The van der Waals surface area contributed by atoms with Crippen molar-refractivity contribution in [2.75, 3.05) is 13.1 Å². The quantitative estimate of drug-likeness (QED) is 0.374. The van der Waals surface area contributed by atoms with Crippen molar-refractivity contribution < 1.29 is 19.9 Å². The van der Waals surface area contributed by atoms with Crippen LogP contribution in [0.3, 0.4) is 0 Å². The van der Waals surface area contributed by atoms with Crippen molar-refractivity contribution in [3.8, 4) is 6.07 Å². The molecule has 2 aromatic carbocycles. The molecule has 0 aliphatic heterocycles. The molecule has 8 nitrogen and oxygen atoms in total. The van der Waals surface area contributed by atoms with Crippen LogP contribution in [0.4, 0.5) is 5.69 Å². The molecule has 1 unspecified atom stereocenters. The van der Waals surface area contributed by atoms with Crippen molar-refractivity contribution in [1.82, 2.24) is 5.32 Å². The first kappa shape index (κ1) is 19.1. The highest BCUT2D eigenvalue weighted by atomic mass is 16.6. The van der Waals surface area contributed by atoms with E-state index in [-0.39, 0.29) is 23.4 Å². The Labute approximate surface area is 149 Å². The number of nitrogens with zero attached hydrogens (tertiary/aromatic N) is 2. The molecule has 0 fully saturated rings. The van der Waals surface area contributed by atoms with E-state index in [1.54, 1.807) is 12.1 Å². The van der Waals surface area contributed by atoms with E-state index in [2.05, 4.69) is 11.4 Å². The van der Waals surface area contributed by atoms with Crippen molar-refractivity contribution in [3.63, 3.8) is 0 Å². The number of nitrogens with one attached hydrogen (secondary N) is 1. The zero-order valence-electron chi connectivity index (χ0n) is 13.8. The van der Waals surface area contributed by atoms with Gasteiger partial charge in [0.05, 0.1) is 33.8 Å². The van der Waals surface area contributed by atoms with Crippen molar-refractivity contribution in [1.29, 1.82) is 5.26 Å². The molecule has 2 aromatic rings. The summed E-state index contributed by atoms with van der Waals surface area (Å²) in [5.41, 5.74) is 0.905. The molecular formula is C18H17N3O5. The van der Waals surface area contributed by atoms with E-state index in [1.165, 1.54) is 0 Å². The standard InChI is InChI=1S/C18H17N3O5/c19-10-14-4-2-1-3-12(14)7-8-20-11-17(22)15-9-13(18(23)24)5-6-16(15)21(25)26/h1-6,9,17,20,22H,7-8,11H2,(H,23,24). The van der Waals surface area contributed by atoms with Gasteiger partial charge in [-0.15, -0.1) is 0 Å². The summed E-state index contributed by atoms with van der Waals surface area (Å²) in [6.07, 6.45) is -0.686. The minimum Gasteiger partial charge on any atom is -0.478 e. The average molecular weight is 355 g/mol. The normalized spacial score (nSPS) is 11.5. The Morgan fingerprint density at radius 1 is 1.31 bits per heavy atom. The van der Waals surface area contributed by atoms with Gasteiger partial charge in [0.15, 0.2) is 0 Å². The third-order valence-electron chi connectivity index (χ3n) is 3.88. The first-order valence-corrected chi connectivity index (χ1v) is 7.82. The molecule has 1 atom stereocenters. The monoisotopic (exact) mass is 355 g/mol. The van der Waals surface area contributed by atoms with Gasteiger partial charge in [-0.1, -0.05) is 18.2 Å². The maximum Gasteiger partial charge on any atom is 0.335 e. The number of nitriles is 1. The van der Waals surface area contributed by atoms with E-state index in [0.717, 1.165) is 23.8 Å². The fourth-order valence-electron chi connectivity index (χ4n) is 2.54. The Morgan fingerprint density at radius 3 is 2.69 bits per heavy atom. The summed E-state index contributed by atoms with van der Waals surface area (Å²) >= 11 is 0. The lowest BCUT2D eigenvalue weighted by Crippen LogP contribution is -2.24. The van der Waals surface area contributed by atoms with E-state index < -0.39 is 17.0 Å². The summed E-state index contributed by atoms with van der Waals surface area (Å²) in [6, 6.07) is 12.6. The summed E-state index contributed by atoms with van der Waals surface area (Å²) in [5, 5.41) is 42.4. The van der Waals surface area contributed by atoms with Gasteiger partial charge in [0.1, 0.15) is 0 Å². The fraction of sp³-hybridized carbons (Fsp3) is 0.222. The molecule has 0 aliphatic carbocycles. The van der Waals surface area contributed by atoms with Crippen LogP contribution in [0.2, 0.25) is 0 Å². The van der Waals surface area contributed by atoms with E-state index in [9.17, 15) is 20.0 Å². The van der Waals surface area contributed by atoms with Crippen LogP contribution in [-0.2, 0) is 6.42 Å². The molecule has 0 spiro atoms. The minimum atomic E-state index is -1.24. The van der Waals surface area contributed by atoms with Gasteiger partial charge in [-0.05, 0) is 36.7 Å². The Balaban J connectivity index is 2.02. The molecule has 134 valence electrons. The van der Waals surface area contributed by atoms with E-state index >= 15 is 0 Å². The van der Waals surface area contributed by atoms with Gasteiger partial charge in [-0.2, -0.15) is 5.26 Å². The minimum absolute atomic E-state index is 0.0125. The molecule has 0 saturated carbocycles. The number of aromatic carboxylic acids is 1. The summed E-state index contributed by atoms with van der Waals surface area (Å²) in [5.74, 6) is -1.23. The highest BCUT2D eigenvalue weighted by Crippen LogP contribution is 2.26. The number of hydrogen-bond acceptors (Lipinski definition) is 6. The van der Waals surface area contributed by atoms with Gasteiger partial charge in [0.2, 0.25) is 0 Å². The van der Waals surface area contributed by atoms with Crippen LogP contribution in [0.1, 0.15) is 33.2 Å². The zero-order chi connectivity index (χ0) is 19.1. The van der Waals surface area contributed by atoms with Gasteiger partial charge in [0.25, 0.3) is 5.69 Å². The molecule has 0 aliphatic rings. The van der Waals surface area contributed by atoms with Crippen LogP contribution in [0, 0.1) is 21.4 Å². The number of carboxylic acid groups (broad SMARTS) is 1. The first-order valence-electron chi connectivity index (χ1n) is 7.82. The van der Waals surface area contributed by atoms with Crippen LogP contribution in [0.5, 0.6) is 0 Å². The lowest BCUT2D eigenvalue weighted by molar-refractivity contribution is -0.386. The van der Waals surface area contributed by atoms with Crippen molar-refractivity contribution >= 4 is 11.7 Å². The predicted octanol–water partition coefficient (Wildman–Crippen LogP) is 2.03. The smallest absolute Gasteiger partial charge is 0.335 e. The molecule has 3 N–H and O–H groups in total. The molecule has 26 heavy (non-hydrogen) atoms. The second kappa shape index (κ2) is 8.71. The van der Waals surface area contributed by atoms with E-state index in [1.807, 2.05) is 12.1 Å². The maximum absolute atomic E-state index is 11.1. The topological polar surface area (TPSA) is 136 Å². The molecular weight excluding hydrogens is 338 g/mol. The van der Waals surface area contributed by atoms with Crippen LogP contribution < -0.4 is 5.32 Å². The predicted molar refractivity (Wildman–Crippen MR) is 92.7 cm³/mol. The van der Waals surface area contributed by atoms with Gasteiger partial charge < -0.3 is 15.5 Å². The number of aliphatic hydroxyl groups is 1. The van der Waals surface area contributed by atoms with E-state index in [0.29, 0.717) is 18.5 Å². The number of nitro groups is 1. The number of carboxylic acids is 1. The van der Waals surface area contributed by atoms with Gasteiger partial charge in [0, 0.05) is 12.6 Å². The Bertz CT molecular complexity index is 860. The Hall–Kier alpha value is -3.28. The molecule has 2 rings (SSSR count). The van der Waals surface area contributed by atoms with Crippen molar-refractivity contribution in [2.45, 2.75) is 12.5 Å². The molecule has 0 heterocycles. The van der Waals surface area contributed by atoms with Gasteiger partial charge in [-0.25, -0.2) is 4.79 Å². The molecule has 0 radical (unpaired) electrons. The number of nitro benzene ring substituents is 1. The molecule has 0 amide bonds. The molecule has 0 aromatic heterocycles. The number of rotatable bonds is 8. The third kappa shape index (κ3) is 4.63. The van der Waals surface area contributed by atoms with Crippen LogP contribution >= 0.6 is 0 Å². The maximum atomic E-state index is 11.1. The van der Waals surface area contributed by atoms with Crippen LogP contribution in [0.25, 0.3) is 0 Å². The number of aliphatic hydroxyl groups excluding tert-OH is 1. The largest absolute Gasteiger partial charge is 0.478 e. The number of hydrogen-bond donors (Lipinski definition) is 3. The Kier molecular flexibility index (Phi) is 6.38. The third-order valence-corrected chi connectivity index (χ3v) is 3.88. The second-order valence-corrected chi connectivity index (χ2v) is 5.57. The summed E-state index contributed by atoms with van der Waals surface area (Å²) in [6.45, 7) is 0.459. The zero-order valence-corrected chi connectivity index (χ0v) is 13.8. The van der Waals surface area contributed by atoms with Gasteiger partial charge in [-0.3, -0.25) is 10.1 Å². The average Bonchev–Trinajstić information content (AvgIpc) is 2.64. The summed E-state index contributed by atoms with van der Waals surface area (Å²) in [4.78, 5) is 21.5. The number of carbonyl (C=O) groups is 1. The van der Waals surface area contributed by atoms with Crippen LogP contribution in [-0.4, -0.2) is 34.2 Å². The first-order chi connectivity index (χ1) is 12.4. The summed E-state index contributed by atoms with van der Waals surface area (Å²) in [7, 11) is 0. The summed E-state index contributed by atoms with van der Waals surface area (Å²) < 4.78 is 0. The molecule has 8 heteroatoms. The lowest BCUT2D eigenvalue weighted by atomic mass is 10.0. The highest BCUT2D eigenvalue weighted by Gasteiger charge is 2.22. The lowest BCUT2D eigenvalue weighted by Gasteiger charge is -2.13. The Morgan fingerprint density at radius 2 is 2.04 bits per heavy atom. The SMILES string of the molecule is N#Cc1ccccc1CCNCC(O)c1cc(C(=O)O)ccc1[N+](=O)[O-]. The fourth-order valence-corrected chi connectivity index (χ4v) is 2.54. The van der Waals surface area contributed by atoms with Crippen molar-refractivity contribution in [3.05, 3.63) is 74.8 Å². The van der Waals surface area contributed by atoms with Gasteiger partial charge >= 0.3 is 5.97 Å².